The van der Waals surface area contributed by atoms with E-state index in [-0.39, 0.29) is 24.4 Å². The maximum Gasteiger partial charge on any atom is 0.258 e. The number of hydrogen-bond acceptors (Lipinski definition) is 5. The van der Waals surface area contributed by atoms with E-state index in [9.17, 15) is 9.59 Å². The third-order valence-electron chi connectivity index (χ3n) is 5.92. The van der Waals surface area contributed by atoms with E-state index in [4.69, 9.17) is 19.8 Å². The van der Waals surface area contributed by atoms with Gasteiger partial charge in [0.1, 0.15) is 0 Å². The normalized spacial score (nSPS) is 20.0. The Kier molecular flexibility index (Phi) is 5.69. The van der Waals surface area contributed by atoms with Gasteiger partial charge in [-0.05, 0) is 64.4 Å². The number of nitrogens with one attached hydrogen (secondary N) is 1. The summed E-state index contributed by atoms with van der Waals surface area (Å²) in [5, 5.41) is 3.36. The first-order chi connectivity index (χ1) is 19.3. The monoisotopic (exact) mass is 500 g/mol. The Hall–Kier alpha value is -3.23. The third kappa shape index (κ3) is 5.89. The zero-order valence-electron chi connectivity index (χ0n) is 25.4. The Bertz CT molecular complexity index is 1440. The molecule has 0 bridgehead atoms. The maximum absolute atomic E-state index is 13.2. The average Bonchev–Trinajstić information content (AvgIpc) is 3.07. The molecule has 4 rings (SSSR count). The van der Waals surface area contributed by atoms with Gasteiger partial charge in [0, 0.05) is 51.4 Å². The van der Waals surface area contributed by atoms with Crippen molar-refractivity contribution in [2.24, 2.45) is 0 Å². The van der Waals surface area contributed by atoms with Crippen molar-refractivity contribution in [1.29, 1.82) is 0 Å². The summed E-state index contributed by atoms with van der Waals surface area (Å²) in [4.78, 5) is 37.1. The lowest BCUT2D eigenvalue weighted by molar-refractivity contribution is -0.126. The lowest BCUT2D eigenvalue weighted by Gasteiger charge is -2.26. The van der Waals surface area contributed by atoms with E-state index in [2.05, 4.69) is 15.3 Å². The second kappa shape index (κ2) is 11.0. The van der Waals surface area contributed by atoms with Crippen LogP contribution >= 0.6 is 11.6 Å². The molecule has 1 aliphatic rings. The van der Waals surface area contributed by atoms with Gasteiger partial charge in [0.05, 0.1) is 22.1 Å². The van der Waals surface area contributed by atoms with E-state index in [1.54, 1.807) is 48.4 Å². The van der Waals surface area contributed by atoms with Crippen molar-refractivity contribution >= 4 is 40.4 Å². The van der Waals surface area contributed by atoms with Crippen LogP contribution in [-0.4, -0.2) is 69.7 Å². The van der Waals surface area contributed by atoms with E-state index in [1.807, 2.05) is 4.57 Å². The molecule has 1 atom stereocenters. The summed E-state index contributed by atoms with van der Waals surface area (Å²) in [5.41, 5.74) is 2.35. The van der Waals surface area contributed by atoms with Crippen LogP contribution in [0, 0.1) is 6.92 Å². The molecule has 2 aromatic heterocycles. The first kappa shape index (κ1) is 18.1. The maximum atomic E-state index is 13.2. The summed E-state index contributed by atoms with van der Waals surface area (Å²) in [6.07, 6.45) is 6.23. The van der Waals surface area contributed by atoms with E-state index in [0.717, 1.165) is 12.8 Å². The van der Waals surface area contributed by atoms with Crippen LogP contribution in [0.15, 0.2) is 48.7 Å². The first-order valence-corrected chi connectivity index (χ1v) is 11.8. The summed E-state index contributed by atoms with van der Waals surface area (Å²) < 4.78 is 46.8. The summed E-state index contributed by atoms with van der Waals surface area (Å²) >= 11 is 6.61. The number of anilines is 1. The Morgan fingerprint density at radius 3 is 2.97 bits per heavy atom. The average molecular weight is 501 g/mol. The molecule has 3 aromatic rings. The Morgan fingerprint density at radius 2 is 2.17 bits per heavy atom. The molecule has 8 nitrogen and oxygen atoms in total. The second-order valence-corrected chi connectivity index (χ2v) is 8.91. The fourth-order valence-corrected chi connectivity index (χ4v) is 4.57. The molecule has 0 saturated carbocycles. The number of benzene rings is 1. The number of likely N-dealkylation sites (N-methyl/N-ethyl adjacent to an activating group) is 1. The molecule has 1 aliphatic heterocycles. The largest absolute Gasteiger partial charge is 0.337 e. The van der Waals surface area contributed by atoms with Crippen molar-refractivity contribution in [3.05, 3.63) is 65.0 Å². The van der Waals surface area contributed by atoms with E-state index in [0.29, 0.717) is 51.1 Å². The Balaban J connectivity index is 1.61. The van der Waals surface area contributed by atoms with Gasteiger partial charge in [0.15, 0.2) is 0 Å². The quantitative estimate of drug-likeness (QED) is 0.510. The fourth-order valence-electron chi connectivity index (χ4n) is 4.31. The van der Waals surface area contributed by atoms with Gasteiger partial charge in [-0.3, -0.25) is 19.9 Å². The van der Waals surface area contributed by atoms with Gasteiger partial charge in [-0.2, -0.15) is 0 Å². The van der Waals surface area contributed by atoms with Crippen molar-refractivity contribution < 1.29 is 17.8 Å². The predicted molar refractivity (Wildman–Crippen MR) is 139 cm³/mol. The molecule has 0 radical (unpaired) electrons. The molecule has 0 unspecified atom stereocenters. The van der Waals surface area contributed by atoms with Crippen LogP contribution in [0.5, 0.6) is 0 Å². The molecule has 0 aliphatic carbocycles. The SMILES string of the molecule is [2H]C([2H])([2H])N(CC=CC(=O)N1CCCC[C@@H](n2c(NC(=O)c3ccnc(C)c3)nc3cccc(Cl)c32)C1)C([2H])([2H])[2H]. The number of pyridine rings is 1. The van der Waals surface area contributed by atoms with Gasteiger partial charge in [-0.25, -0.2) is 4.98 Å². The van der Waals surface area contributed by atoms with Crippen LogP contribution in [0.1, 0.15) is 49.6 Å². The smallest absolute Gasteiger partial charge is 0.258 e. The van der Waals surface area contributed by atoms with Gasteiger partial charge in [0.25, 0.3) is 5.91 Å². The van der Waals surface area contributed by atoms with Crippen LogP contribution in [0.3, 0.4) is 0 Å². The predicted octanol–water partition coefficient (Wildman–Crippen LogP) is 4.32. The Labute approximate surface area is 219 Å². The van der Waals surface area contributed by atoms with Crippen molar-refractivity contribution in [3.63, 3.8) is 0 Å². The van der Waals surface area contributed by atoms with Crippen LogP contribution in [0.4, 0.5) is 5.95 Å². The van der Waals surface area contributed by atoms with Gasteiger partial charge < -0.3 is 14.4 Å². The molecule has 2 amide bonds. The minimum atomic E-state index is -2.84. The molecular formula is C26H31ClN6O2. The fraction of sp³-hybridized carbons (Fsp3) is 0.385. The van der Waals surface area contributed by atoms with Crippen molar-refractivity contribution in [2.45, 2.75) is 32.2 Å². The summed E-state index contributed by atoms with van der Waals surface area (Å²) in [6, 6.07) is 8.32. The number of aromatic nitrogens is 3. The molecule has 9 heteroatoms. The number of carbonyl (C=O) groups excluding carboxylic acids is 2. The highest BCUT2D eigenvalue weighted by Gasteiger charge is 2.27. The topological polar surface area (TPSA) is 83.4 Å². The molecule has 3 heterocycles. The van der Waals surface area contributed by atoms with Crippen LogP contribution in [-0.2, 0) is 4.79 Å². The number of rotatable bonds is 6. The standard InChI is InChI=1S/C26H31ClN6O2/c1-18-16-19(12-13-28-18)25(35)30-26-29-22-10-6-9-21(27)24(22)33(26)20-8-4-5-15-32(17-20)23(34)11-7-14-31(2)3/h6-7,9-13,16,20H,4-5,8,14-15,17H2,1-3H3,(H,29,30,35)/t20-/m1/s1/i2D3,3D3. The lowest BCUT2D eigenvalue weighted by atomic mass is 10.1. The van der Waals surface area contributed by atoms with E-state index >= 15 is 0 Å². The highest BCUT2D eigenvalue weighted by molar-refractivity contribution is 6.35. The third-order valence-corrected chi connectivity index (χ3v) is 6.22. The molecule has 1 fully saturated rings. The lowest BCUT2D eigenvalue weighted by Crippen LogP contribution is -2.34. The summed E-state index contributed by atoms with van der Waals surface area (Å²) in [5.74, 6) is -0.435. The van der Waals surface area contributed by atoms with Gasteiger partial charge in [-0.15, -0.1) is 0 Å². The number of hydrogen-bond donors (Lipinski definition) is 1. The zero-order chi connectivity index (χ0) is 29.9. The van der Waals surface area contributed by atoms with E-state index < -0.39 is 20.5 Å². The number of imidazole rings is 1. The summed E-state index contributed by atoms with van der Waals surface area (Å²) in [6.45, 7) is -3.60. The van der Waals surface area contributed by atoms with Gasteiger partial charge in [0.2, 0.25) is 11.9 Å². The number of carbonyl (C=O) groups is 2. The second-order valence-electron chi connectivity index (χ2n) is 8.50. The highest BCUT2D eigenvalue weighted by atomic mass is 35.5. The van der Waals surface area contributed by atoms with Gasteiger partial charge in [-0.1, -0.05) is 23.7 Å². The highest BCUT2D eigenvalue weighted by Crippen LogP contribution is 2.34. The number of fused-ring (bicyclic) bond motifs is 1. The molecule has 0 spiro atoms. The zero-order valence-corrected chi connectivity index (χ0v) is 20.1. The molecular weight excluding hydrogens is 464 g/mol. The van der Waals surface area contributed by atoms with E-state index in [1.165, 1.54) is 12.2 Å². The molecule has 1 aromatic carbocycles. The van der Waals surface area contributed by atoms with Crippen molar-refractivity contribution in [1.82, 2.24) is 24.3 Å². The van der Waals surface area contributed by atoms with Crippen LogP contribution in [0.25, 0.3) is 11.0 Å². The number of nitrogens with zero attached hydrogens (tertiary/aromatic N) is 5. The number of amides is 2. The van der Waals surface area contributed by atoms with Crippen molar-refractivity contribution in [3.8, 4) is 0 Å². The van der Waals surface area contributed by atoms with Crippen LogP contribution < -0.4 is 5.32 Å². The summed E-state index contributed by atoms with van der Waals surface area (Å²) in [7, 11) is 0. The molecule has 1 N–H and O–H groups in total. The number of para-hydroxylation sites is 1. The molecule has 184 valence electrons. The number of likely N-dealkylation sites (tertiary alicyclic amines) is 1. The molecule has 1 saturated heterocycles. The Morgan fingerprint density at radius 1 is 1.31 bits per heavy atom. The minimum Gasteiger partial charge on any atom is -0.337 e. The number of halogens is 1. The van der Waals surface area contributed by atoms with Crippen LogP contribution in [0.2, 0.25) is 5.02 Å². The van der Waals surface area contributed by atoms with Gasteiger partial charge >= 0.3 is 0 Å². The van der Waals surface area contributed by atoms with Crippen molar-refractivity contribution in [2.75, 3.05) is 38.9 Å². The first-order valence-electron chi connectivity index (χ1n) is 14.4. The number of aryl methyl sites for hydroxylation is 1. The molecule has 35 heavy (non-hydrogen) atoms. The minimum absolute atomic E-state index is 0.277.